The smallest absolute Gasteiger partial charge is 0.303 e. The minimum absolute atomic E-state index is 0.0246. The van der Waals surface area contributed by atoms with E-state index in [2.05, 4.69) is 5.32 Å². The molecule has 1 aliphatic rings. The van der Waals surface area contributed by atoms with Gasteiger partial charge in [0.2, 0.25) is 0 Å². The molecular weight excluding hydrogens is 316 g/mol. The van der Waals surface area contributed by atoms with Crippen molar-refractivity contribution >= 4 is 22.8 Å². The standard InChI is InChI=1S/C20H24N2O3/c1-12-4-7-16-14(10-12)15(11-17(21-16)13-5-6-13)19(25)22-20(2,3)9-8-18(23)24/h4,7,10-11,13H,5-6,8-9H2,1-3H3,(H,22,25)(H,23,24). The zero-order chi connectivity index (χ0) is 18.2. The lowest BCUT2D eigenvalue weighted by Gasteiger charge is -2.26. The van der Waals surface area contributed by atoms with Gasteiger partial charge in [0.15, 0.2) is 0 Å². The second-order valence-corrected chi connectivity index (χ2v) is 7.62. The fraction of sp³-hybridized carbons (Fsp3) is 0.450. The van der Waals surface area contributed by atoms with Crippen LogP contribution in [0.25, 0.3) is 10.9 Å². The third kappa shape index (κ3) is 4.16. The summed E-state index contributed by atoms with van der Waals surface area (Å²) in [5.74, 6) is -0.573. The molecule has 0 radical (unpaired) electrons. The van der Waals surface area contributed by atoms with Crippen LogP contribution in [0.15, 0.2) is 24.3 Å². The maximum atomic E-state index is 12.9. The van der Waals surface area contributed by atoms with Gasteiger partial charge in [0.05, 0.1) is 11.1 Å². The van der Waals surface area contributed by atoms with E-state index < -0.39 is 11.5 Å². The van der Waals surface area contributed by atoms with Gasteiger partial charge >= 0.3 is 5.97 Å². The van der Waals surface area contributed by atoms with Gasteiger partial charge in [-0.05, 0) is 58.2 Å². The van der Waals surface area contributed by atoms with Crippen LogP contribution in [-0.4, -0.2) is 27.5 Å². The molecule has 1 amide bonds. The van der Waals surface area contributed by atoms with Gasteiger partial charge in [0.1, 0.15) is 0 Å². The highest BCUT2D eigenvalue weighted by molar-refractivity contribution is 6.06. The van der Waals surface area contributed by atoms with Gasteiger partial charge in [-0.25, -0.2) is 0 Å². The fourth-order valence-electron chi connectivity index (χ4n) is 2.99. The molecule has 0 aliphatic heterocycles. The van der Waals surface area contributed by atoms with Crippen molar-refractivity contribution in [2.75, 3.05) is 0 Å². The first-order valence-electron chi connectivity index (χ1n) is 8.71. The van der Waals surface area contributed by atoms with E-state index in [4.69, 9.17) is 10.1 Å². The van der Waals surface area contributed by atoms with Crippen LogP contribution in [0, 0.1) is 6.92 Å². The average Bonchev–Trinajstić information content (AvgIpc) is 3.36. The minimum Gasteiger partial charge on any atom is -0.481 e. The highest BCUT2D eigenvalue weighted by Gasteiger charge is 2.28. The Balaban J connectivity index is 1.94. The molecular formula is C20H24N2O3. The normalized spacial score (nSPS) is 14.5. The van der Waals surface area contributed by atoms with Gasteiger partial charge in [0, 0.05) is 29.0 Å². The lowest BCUT2D eigenvalue weighted by Crippen LogP contribution is -2.43. The molecule has 5 nitrogen and oxygen atoms in total. The number of carboxylic acid groups (broad SMARTS) is 1. The van der Waals surface area contributed by atoms with E-state index in [9.17, 15) is 9.59 Å². The number of carboxylic acids is 1. The number of amides is 1. The first kappa shape index (κ1) is 17.4. The SMILES string of the molecule is Cc1ccc2nc(C3CC3)cc(C(=O)NC(C)(C)CCC(=O)O)c2c1. The molecule has 0 unspecified atom stereocenters. The molecule has 0 spiro atoms. The summed E-state index contributed by atoms with van der Waals surface area (Å²) in [5.41, 5.74) is 2.93. The van der Waals surface area contributed by atoms with Crippen LogP contribution >= 0.6 is 0 Å². The maximum absolute atomic E-state index is 12.9. The molecule has 1 saturated carbocycles. The minimum atomic E-state index is -0.858. The van der Waals surface area contributed by atoms with Crippen LogP contribution in [0.3, 0.4) is 0 Å². The summed E-state index contributed by atoms with van der Waals surface area (Å²) in [6.07, 6.45) is 2.65. The Kier molecular flexibility index (Phi) is 4.50. The van der Waals surface area contributed by atoms with Crippen LogP contribution in [-0.2, 0) is 4.79 Å². The van der Waals surface area contributed by atoms with Gasteiger partial charge in [-0.1, -0.05) is 11.6 Å². The molecule has 0 bridgehead atoms. The van der Waals surface area contributed by atoms with Gasteiger partial charge in [-0.3, -0.25) is 14.6 Å². The lowest BCUT2D eigenvalue weighted by atomic mass is 9.96. The lowest BCUT2D eigenvalue weighted by molar-refractivity contribution is -0.137. The largest absolute Gasteiger partial charge is 0.481 e. The first-order chi connectivity index (χ1) is 11.7. The topological polar surface area (TPSA) is 79.3 Å². The number of aliphatic carboxylic acids is 1. The van der Waals surface area contributed by atoms with E-state index >= 15 is 0 Å². The molecule has 1 fully saturated rings. The van der Waals surface area contributed by atoms with Gasteiger partial charge in [-0.2, -0.15) is 0 Å². The Labute approximate surface area is 147 Å². The van der Waals surface area contributed by atoms with E-state index in [1.54, 1.807) is 0 Å². The molecule has 5 heteroatoms. The van der Waals surface area contributed by atoms with Crippen molar-refractivity contribution in [1.29, 1.82) is 0 Å². The number of benzene rings is 1. The van der Waals surface area contributed by atoms with Crippen molar-refractivity contribution in [2.24, 2.45) is 0 Å². The summed E-state index contributed by atoms with van der Waals surface area (Å²) >= 11 is 0. The van der Waals surface area contributed by atoms with Crippen LogP contribution in [0.1, 0.15) is 67.1 Å². The molecule has 132 valence electrons. The van der Waals surface area contributed by atoms with Gasteiger partial charge in [-0.15, -0.1) is 0 Å². The van der Waals surface area contributed by atoms with Crippen molar-refractivity contribution in [1.82, 2.24) is 10.3 Å². The third-order valence-electron chi connectivity index (χ3n) is 4.64. The predicted molar refractivity (Wildman–Crippen MR) is 96.9 cm³/mol. The zero-order valence-electron chi connectivity index (χ0n) is 14.9. The van der Waals surface area contributed by atoms with Crippen LogP contribution < -0.4 is 5.32 Å². The number of carbonyl (C=O) groups is 2. The van der Waals surface area contributed by atoms with Crippen LogP contribution in [0.5, 0.6) is 0 Å². The molecule has 0 atom stereocenters. The molecule has 1 aliphatic carbocycles. The molecule has 25 heavy (non-hydrogen) atoms. The predicted octanol–water partition coefficient (Wildman–Crippen LogP) is 3.79. The Morgan fingerprint density at radius 3 is 2.64 bits per heavy atom. The third-order valence-corrected chi connectivity index (χ3v) is 4.64. The number of aryl methyl sites for hydroxylation is 1. The summed E-state index contributed by atoms with van der Waals surface area (Å²) < 4.78 is 0. The Morgan fingerprint density at radius 2 is 2.00 bits per heavy atom. The van der Waals surface area contributed by atoms with Crippen molar-refractivity contribution in [2.45, 2.75) is 57.9 Å². The zero-order valence-corrected chi connectivity index (χ0v) is 14.9. The molecule has 1 aromatic carbocycles. The van der Waals surface area contributed by atoms with E-state index in [0.29, 0.717) is 17.9 Å². The Bertz CT molecular complexity index is 838. The van der Waals surface area contributed by atoms with Crippen molar-refractivity contribution in [3.63, 3.8) is 0 Å². The van der Waals surface area contributed by atoms with E-state index in [-0.39, 0.29) is 12.3 Å². The number of hydrogen-bond donors (Lipinski definition) is 2. The summed E-state index contributed by atoms with van der Waals surface area (Å²) in [7, 11) is 0. The number of pyridine rings is 1. The quantitative estimate of drug-likeness (QED) is 0.838. The molecule has 3 rings (SSSR count). The molecule has 2 aromatic rings. The fourth-order valence-corrected chi connectivity index (χ4v) is 2.99. The number of aromatic nitrogens is 1. The summed E-state index contributed by atoms with van der Waals surface area (Å²) in [5, 5.41) is 12.7. The second-order valence-electron chi connectivity index (χ2n) is 7.62. The van der Waals surface area contributed by atoms with Crippen molar-refractivity contribution in [3.05, 3.63) is 41.1 Å². The summed E-state index contributed by atoms with van der Waals surface area (Å²) in [6.45, 7) is 5.70. The van der Waals surface area contributed by atoms with Crippen molar-refractivity contribution in [3.8, 4) is 0 Å². The van der Waals surface area contributed by atoms with E-state index in [0.717, 1.165) is 35.0 Å². The van der Waals surface area contributed by atoms with Crippen LogP contribution in [0.2, 0.25) is 0 Å². The number of hydrogen-bond acceptors (Lipinski definition) is 3. The van der Waals surface area contributed by atoms with Gasteiger partial charge in [0.25, 0.3) is 5.91 Å². The maximum Gasteiger partial charge on any atom is 0.303 e. The number of fused-ring (bicyclic) bond motifs is 1. The number of carbonyl (C=O) groups excluding carboxylic acids is 1. The molecule has 1 aromatic heterocycles. The van der Waals surface area contributed by atoms with E-state index in [1.807, 2.05) is 45.0 Å². The summed E-state index contributed by atoms with van der Waals surface area (Å²) in [4.78, 5) is 28.5. The Morgan fingerprint density at radius 1 is 1.28 bits per heavy atom. The Hall–Kier alpha value is -2.43. The van der Waals surface area contributed by atoms with E-state index in [1.165, 1.54) is 0 Å². The first-order valence-corrected chi connectivity index (χ1v) is 8.71. The molecule has 2 N–H and O–H groups in total. The molecule has 1 heterocycles. The highest BCUT2D eigenvalue weighted by Crippen LogP contribution is 2.40. The second kappa shape index (κ2) is 6.47. The number of nitrogens with one attached hydrogen (secondary N) is 1. The average molecular weight is 340 g/mol. The van der Waals surface area contributed by atoms with Crippen LogP contribution in [0.4, 0.5) is 0 Å². The number of rotatable bonds is 6. The number of nitrogens with zero attached hydrogens (tertiary/aromatic N) is 1. The van der Waals surface area contributed by atoms with Gasteiger partial charge < -0.3 is 10.4 Å². The monoisotopic (exact) mass is 340 g/mol. The van der Waals surface area contributed by atoms with Crippen molar-refractivity contribution < 1.29 is 14.7 Å². The highest BCUT2D eigenvalue weighted by atomic mass is 16.4. The molecule has 0 saturated heterocycles. The summed E-state index contributed by atoms with van der Waals surface area (Å²) in [6, 6.07) is 7.85.